The second-order valence-corrected chi connectivity index (χ2v) is 7.65. The summed E-state index contributed by atoms with van der Waals surface area (Å²) in [7, 11) is 0. The smallest absolute Gasteiger partial charge is 0.145 e. The van der Waals surface area contributed by atoms with Gasteiger partial charge >= 0.3 is 0 Å². The van der Waals surface area contributed by atoms with Gasteiger partial charge in [-0.15, -0.1) is 0 Å². The van der Waals surface area contributed by atoms with E-state index in [0.29, 0.717) is 0 Å². The second-order valence-electron chi connectivity index (χ2n) is 7.65. The lowest BCUT2D eigenvalue weighted by Gasteiger charge is -2.08. The van der Waals surface area contributed by atoms with Crippen molar-refractivity contribution in [3.8, 4) is 11.3 Å². The zero-order chi connectivity index (χ0) is 19.9. The Morgan fingerprint density at radius 3 is 2.37 bits per heavy atom. The molecule has 0 aliphatic rings. The van der Waals surface area contributed by atoms with Gasteiger partial charge in [0.1, 0.15) is 11.2 Å². The number of fused-ring (bicyclic) bond motifs is 4. The maximum atomic E-state index is 6.39. The molecule has 30 heavy (non-hydrogen) atoms. The van der Waals surface area contributed by atoms with Gasteiger partial charge in [0.15, 0.2) is 0 Å². The number of pyridine rings is 1. The highest BCUT2D eigenvalue weighted by atomic mass is 16.3. The molecule has 0 radical (unpaired) electrons. The summed E-state index contributed by atoms with van der Waals surface area (Å²) >= 11 is 0. The van der Waals surface area contributed by atoms with Crippen molar-refractivity contribution in [2.45, 2.75) is 6.42 Å². The Hall–Kier alpha value is -3.91. The predicted octanol–water partition coefficient (Wildman–Crippen LogP) is 7.39. The Balaban J connectivity index is 1.61. The molecule has 142 valence electrons. The lowest BCUT2D eigenvalue weighted by Crippen LogP contribution is -1.91. The molecule has 0 saturated carbocycles. The number of hydrogen-bond acceptors (Lipinski definition) is 2. The highest BCUT2D eigenvalue weighted by Crippen LogP contribution is 2.38. The van der Waals surface area contributed by atoms with Gasteiger partial charge in [-0.2, -0.15) is 0 Å². The first-order valence-corrected chi connectivity index (χ1v) is 10.2. The molecule has 0 fully saturated rings. The fraction of sp³-hybridized carbons (Fsp3) is 0.0357. The maximum Gasteiger partial charge on any atom is 0.145 e. The van der Waals surface area contributed by atoms with Crippen molar-refractivity contribution < 1.29 is 4.42 Å². The summed E-state index contributed by atoms with van der Waals surface area (Å²) in [6.45, 7) is 0. The van der Waals surface area contributed by atoms with E-state index in [-0.39, 0.29) is 0 Å². The lowest BCUT2D eigenvalue weighted by molar-refractivity contribution is 0.669. The van der Waals surface area contributed by atoms with E-state index in [4.69, 9.17) is 9.40 Å². The van der Waals surface area contributed by atoms with Gasteiger partial charge in [-0.05, 0) is 41.1 Å². The Kier molecular flexibility index (Phi) is 3.88. The van der Waals surface area contributed by atoms with Crippen LogP contribution >= 0.6 is 0 Å². The van der Waals surface area contributed by atoms with Crippen molar-refractivity contribution in [1.82, 2.24) is 4.98 Å². The highest BCUT2D eigenvalue weighted by molar-refractivity contribution is 6.11. The van der Waals surface area contributed by atoms with E-state index in [9.17, 15) is 0 Å². The Morgan fingerprint density at radius 2 is 1.47 bits per heavy atom. The van der Waals surface area contributed by atoms with E-state index in [2.05, 4.69) is 78.9 Å². The number of aromatic nitrogens is 1. The Labute approximate surface area is 174 Å². The third-order valence-corrected chi connectivity index (χ3v) is 5.76. The fourth-order valence-electron chi connectivity index (χ4n) is 4.29. The van der Waals surface area contributed by atoms with E-state index >= 15 is 0 Å². The topological polar surface area (TPSA) is 26.0 Å². The molecule has 0 amide bonds. The van der Waals surface area contributed by atoms with Crippen LogP contribution in [0.5, 0.6) is 0 Å². The number of rotatable bonds is 3. The lowest BCUT2D eigenvalue weighted by atomic mass is 9.96. The molecule has 2 heteroatoms. The maximum absolute atomic E-state index is 6.39. The van der Waals surface area contributed by atoms with E-state index in [1.165, 1.54) is 21.9 Å². The summed E-state index contributed by atoms with van der Waals surface area (Å²) in [6.07, 6.45) is 2.81. The molecule has 0 bridgehead atoms. The van der Waals surface area contributed by atoms with E-state index < -0.39 is 0 Å². The van der Waals surface area contributed by atoms with Gasteiger partial charge in [0, 0.05) is 27.9 Å². The minimum absolute atomic E-state index is 0.867. The molecular formula is C28H19NO. The van der Waals surface area contributed by atoms with Crippen molar-refractivity contribution in [2.24, 2.45) is 0 Å². The van der Waals surface area contributed by atoms with Crippen molar-refractivity contribution in [1.29, 1.82) is 0 Å². The fourth-order valence-corrected chi connectivity index (χ4v) is 4.29. The van der Waals surface area contributed by atoms with Crippen LogP contribution in [0.25, 0.3) is 44.0 Å². The van der Waals surface area contributed by atoms with Gasteiger partial charge in [-0.25, -0.2) is 0 Å². The monoisotopic (exact) mass is 385 g/mol. The van der Waals surface area contributed by atoms with Crippen molar-refractivity contribution in [3.05, 3.63) is 114 Å². The quantitative estimate of drug-likeness (QED) is 0.317. The van der Waals surface area contributed by atoms with E-state index in [1.807, 2.05) is 24.4 Å². The zero-order valence-corrected chi connectivity index (χ0v) is 16.4. The first-order chi connectivity index (χ1) is 14.9. The Morgan fingerprint density at radius 1 is 0.700 bits per heavy atom. The van der Waals surface area contributed by atoms with Crippen LogP contribution in [0.3, 0.4) is 0 Å². The molecule has 2 heterocycles. The summed E-state index contributed by atoms with van der Waals surface area (Å²) in [6, 6.07) is 33.7. The minimum atomic E-state index is 0.867. The number of benzene rings is 4. The highest BCUT2D eigenvalue weighted by Gasteiger charge is 2.17. The number of nitrogens with zero attached hydrogens (tertiary/aromatic N) is 1. The molecule has 0 unspecified atom stereocenters. The van der Waals surface area contributed by atoms with Gasteiger partial charge in [0.05, 0.1) is 5.69 Å². The molecule has 0 aliphatic heterocycles. The molecule has 0 saturated heterocycles. The normalized spacial score (nSPS) is 11.5. The molecule has 0 aliphatic carbocycles. The summed E-state index contributed by atoms with van der Waals surface area (Å²) in [5.74, 6) is 0. The zero-order valence-electron chi connectivity index (χ0n) is 16.4. The number of para-hydroxylation sites is 1. The van der Waals surface area contributed by atoms with Crippen LogP contribution < -0.4 is 0 Å². The molecule has 2 nitrogen and oxygen atoms in total. The first kappa shape index (κ1) is 17.0. The van der Waals surface area contributed by atoms with Gasteiger partial charge in [-0.3, -0.25) is 4.98 Å². The molecular weight excluding hydrogens is 366 g/mol. The van der Waals surface area contributed by atoms with Crippen LogP contribution in [0.4, 0.5) is 0 Å². The largest absolute Gasteiger partial charge is 0.455 e. The van der Waals surface area contributed by atoms with Gasteiger partial charge in [0.2, 0.25) is 0 Å². The molecule has 0 atom stereocenters. The molecule has 0 N–H and O–H groups in total. The van der Waals surface area contributed by atoms with Crippen molar-refractivity contribution in [3.63, 3.8) is 0 Å². The molecule has 6 aromatic rings. The molecule has 0 spiro atoms. The van der Waals surface area contributed by atoms with Crippen LogP contribution in [0, 0.1) is 0 Å². The summed E-state index contributed by atoms with van der Waals surface area (Å²) in [5.41, 5.74) is 6.35. The van der Waals surface area contributed by atoms with Crippen LogP contribution in [-0.2, 0) is 6.42 Å². The average molecular weight is 385 g/mol. The van der Waals surface area contributed by atoms with Gasteiger partial charge in [0.25, 0.3) is 0 Å². The molecule has 6 rings (SSSR count). The third-order valence-electron chi connectivity index (χ3n) is 5.76. The van der Waals surface area contributed by atoms with Crippen molar-refractivity contribution in [2.75, 3.05) is 0 Å². The summed E-state index contributed by atoms with van der Waals surface area (Å²) < 4.78 is 6.39. The van der Waals surface area contributed by atoms with Crippen LogP contribution in [0.15, 0.2) is 108 Å². The van der Waals surface area contributed by atoms with Crippen LogP contribution in [-0.4, -0.2) is 4.98 Å². The average Bonchev–Trinajstić information content (AvgIpc) is 3.20. The van der Waals surface area contributed by atoms with Crippen LogP contribution in [0.1, 0.15) is 11.1 Å². The molecule has 2 aromatic heterocycles. The first-order valence-electron chi connectivity index (χ1n) is 10.2. The van der Waals surface area contributed by atoms with E-state index in [1.54, 1.807) is 0 Å². The predicted molar refractivity (Wildman–Crippen MR) is 124 cm³/mol. The summed E-state index contributed by atoms with van der Waals surface area (Å²) in [4.78, 5) is 4.75. The summed E-state index contributed by atoms with van der Waals surface area (Å²) in [5, 5.41) is 4.66. The van der Waals surface area contributed by atoms with Gasteiger partial charge in [-0.1, -0.05) is 78.9 Å². The Bertz CT molecular complexity index is 1510. The van der Waals surface area contributed by atoms with Gasteiger partial charge < -0.3 is 4.42 Å². The van der Waals surface area contributed by atoms with E-state index in [0.717, 1.165) is 39.6 Å². The number of hydrogen-bond donors (Lipinski definition) is 0. The van der Waals surface area contributed by atoms with Crippen molar-refractivity contribution >= 4 is 32.7 Å². The molecule has 4 aromatic carbocycles. The number of furan rings is 1. The standard InChI is InChI=1S/C28H19NO/c1-2-8-19(9-3-1)16-21-14-15-23(25-17-20-10-4-5-11-22(20)18-29-25)28-27(21)24-12-6-7-13-26(24)30-28/h1-15,17-18H,16H2. The SMILES string of the molecule is c1ccc(Cc2ccc(-c3cc4ccccc4cn3)c3oc4ccccc4c23)cc1. The minimum Gasteiger partial charge on any atom is -0.455 e. The third kappa shape index (κ3) is 2.77. The van der Waals surface area contributed by atoms with Crippen LogP contribution in [0.2, 0.25) is 0 Å². The second kappa shape index (κ2) is 6.85.